The van der Waals surface area contributed by atoms with Gasteiger partial charge in [0.25, 0.3) is 0 Å². The molecule has 0 saturated carbocycles. The molecule has 0 saturated heterocycles. The van der Waals surface area contributed by atoms with Gasteiger partial charge in [0.15, 0.2) is 0 Å². The summed E-state index contributed by atoms with van der Waals surface area (Å²) >= 11 is 11.6. The summed E-state index contributed by atoms with van der Waals surface area (Å²) in [7, 11) is 0. The fourth-order valence-corrected chi connectivity index (χ4v) is 0.122. The maximum absolute atomic E-state index is 9.32. The zero-order valence-corrected chi connectivity index (χ0v) is 34.3. The van der Waals surface area contributed by atoms with Crippen LogP contribution in [-0.2, 0) is 4.92 Å². The van der Waals surface area contributed by atoms with Crippen molar-refractivity contribution < 1.29 is 72.1 Å². The Labute approximate surface area is 245 Å². The molecule has 0 fully saturated rings. The molecule has 0 aromatic heterocycles. The molecule has 0 rings (SSSR count). The SMILES string of the molecule is C/C=C/[N+](=O)[O-].CC.CC.CCCN.II.[I][V]([I])[I].[U].[U]. The Balaban J connectivity index is -0.0000000186. The standard InChI is InChI=1S/C3H5NO2.C3H9N.2C2H6.I2.3HI.2U.V/c1-2-3-4(5)6;1-2-3-4;3*1-2;;;;;;/h2-3H,1H3;2-4H2,1H3;2*1-2H3;;3*1H;;;/q;;;;;;;;;;+3/p-3/b3-2+;;;;;;;;;;. The Morgan fingerprint density at radius 1 is 1.09 bits per heavy atom. The van der Waals surface area contributed by atoms with Crippen LogP contribution in [0.2, 0.25) is 0 Å². The second kappa shape index (κ2) is 71.8. The number of nitrogens with zero attached hydrogens (tertiary/aromatic N) is 1. The van der Waals surface area contributed by atoms with Gasteiger partial charge >= 0.3 is 64.9 Å². The van der Waals surface area contributed by atoms with Crippen LogP contribution < -0.4 is 5.73 Å². The van der Waals surface area contributed by atoms with E-state index in [1.165, 1.54) is 6.08 Å². The van der Waals surface area contributed by atoms with Crippen molar-refractivity contribution in [1.29, 1.82) is 0 Å². The number of hydrogen-bond donors (Lipinski definition) is 1. The van der Waals surface area contributed by atoms with E-state index in [9.17, 15) is 10.1 Å². The van der Waals surface area contributed by atoms with E-state index in [4.69, 9.17) is 5.73 Å². The quantitative estimate of drug-likeness (QED) is 0.176. The third kappa shape index (κ3) is 171. The summed E-state index contributed by atoms with van der Waals surface area (Å²) in [4.78, 5) is 8.54. The van der Waals surface area contributed by atoms with Gasteiger partial charge in [0.05, 0.1) is 4.92 Å². The van der Waals surface area contributed by atoms with Crippen molar-refractivity contribution in [3.05, 3.63) is 22.4 Å². The molecule has 0 spiro atoms. The van der Waals surface area contributed by atoms with Gasteiger partial charge in [0.1, 0.15) is 0 Å². The van der Waals surface area contributed by atoms with Crippen LogP contribution in [0, 0.1) is 72.3 Å². The number of nitrogens with two attached hydrogens (primary N) is 1. The van der Waals surface area contributed by atoms with E-state index in [1.54, 1.807) is 6.92 Å². The average Bonchev–Trinajstić information content (AvgIpc) is 2.45. The van der Waals surface area contributed by atoms with E-state index in [0.717, 1.165) is 19.2 Å². The summed E-state index contributed by atoms with van der Waals surface area (Å²) < 4.78 is 0. The van der Waals surface area contributed by atoms with Crippen LogP contribution in [0.1, 0.15) is 48.0 Å². The molecule has 4 nitrogen and oxygen atoms in total. The molecule has 0 aliphatic heterocycles. The molecule has 0 aromatic rings. The predicted molar refractivity (Wildman–Crippen MR) is 134 cm³/mol. The first-order valence-electron chi connectivity index (χ1n) is 5.80. The summed E-state index contributed by atoms with van der Waals surface area (Å²) in [5.74, 6) is 0. The molecule has 0 amide bonds. The predicted octanol–water partition coefficient (Wildman–Crippen LogP) is 7.63. The van der Waals surface area contributed by atoms with E-state index in [1.807, 2.05) is 27.7 Å². The first kappa shape index (κ1) is 50.8. The largest absolute Gasteiger partial charge is 0 e. The first-order chi connectivity index (χ1) is 9.42. The summed E-state index contributed by atoms with van der Waals surface area (Å²) in [6.07, 6.45) is 3.36. The maximum Gasteiger partial charge on any atom is 0 e. The fourth-order valence-electron chi connectivity index (χ4n) is 0.122. The van der Waals surface area contributed by atoms with Gasteiger partial charge in [-0.05, 0) is 26.0 Å². The minimum Gasteiger partial charge on any atom is 0 e. The van der Waals surface area contributed by atoms with Crippen molar-refractivity contribution >= 4 is 97.2 Å². The number of hydrogen-bond acceptors (Lipinski definition) is 3. The van der Waals surface area contributed by atoms with Crippen LogP contribution in [0.3, 0.4) is 0 Å². The normalized spacial score (nSPS) is 6.41. The average molecular weight is 1370 g/mol. The van der Waals surface area contributed by atoms with Gasteiger partial charge in [-0.15, -0.1) is 0 Å². The van der Waals surface area contributed by atoms with Crippen molar-refractivity contribution in [2.45, 2.75) is 48.0 Å². The van der Waals surface area contributed by atoms with Gasteiger partial charge < -0.3 is 5.73 Å². The molecule has 0 heterocycles. The molecule has 22 heavy (non-hydrogen) atoms. The Hall–Kier alpha value is 5.44. The second-order valence-corrected chi connectivity index (χ2v) is 37.1. The minimum atomic E-state index is -0.500. The van der Waals surface area contributed by atoms with Crippen molar-refractivity contribution in [2.24, 2.45) is 5.73 Å². The van der Waals surface area contributed by atoms with Crippen molar-refractivity contribution in [3.63, 3.8) is 0 Å². The topological polar surface area (TPSA) is 69.2 Å². The Morgan fingerprint density at radius 2 is 1.27 bits per heavy atom. The number of rotatable bonds is 2. The molecule has 0 aromatic carbocycles. The van der Waals surface area contributed by atoms with Crippen LogP contribution in [0.4, 0.5) is 0 Å². The van der Waals surface area contributed by atoms with Crippen LogP contribution in [0.5, 0.6) is 0 Å². The van der Waals surface area contributed by atoms with E-state index >= 15 is 0 Å². The van der Waals surface area contributed by atoms with Crippen molar-refractivity contribution in [1.82, 2.24) is 0 Å². The van der Waals surface area contributed by atoms with Gasteiger partial charge in [-0.2, -0.15) is 0 Å². The summed E-state index contributed by atoms with van der Waals surface area (Å²) in [5.41, 5.74) is 5.03. The van der Waals surface area contributed by atoms with Gasteiger partial charge in [-0.1, -0.05) is 34.6 Å². The van der Waals surface area contributed by atoms with Gasteiger partial charge in [-0.25, -0.2) is 0 Å². The van der Waals surface area contributed by atoms with E-state index in [2.05, 4.69) is 104 Å². The summed E-state index contributed by atoms with van der Waals surface area (Å²) in [6.45, 7) is 12.5. The Bertz CT molecular complexity index is 161. The zero-order valence-electron chi connectivity index (χ0n) is 13.7. The molecular formula is C10H26I5N2O2U2V. The van der Waals surface area contributed by atoms with Crippen LogP contribution >= 0.6 is 97.2 Å². The van der Waals surface area contributed by atoms with E-state index in [0.29, 0.717) is 0 Å². The molecule has 0 atom stereocenters. The number of allylic oxidation sites excluding steroid dienone is 1. The van der Waals surface area contributed by atoms with Crippen molar-refractivity contribution in [2.75, 3.05) is 6.54 Å². The molecule has 0 radical (unpaired) electrons. The maximum atomic E-state index is 9.32. The smallest absolute Gasteiger partial charge is 0 e. The first-order valence-corrected chi connectivity index (χ1v) is 25.6. The fraction of sp³-hybridized carbons (Fsp3) is 0.800. The Morgan fingerprint density at radius 3 is 1.27 bits per heavy atom. The molecule has 2 N–H and O–H groups in total. The molecule has 136 valence electrons. The molecular weight excluding hydrogens is 1340 g/mol. The summed E-state index contributed by atoms with van der Waals surface area (Å²) in [5, 5.41) is 9.32. The second-order valence-electron chi connectivity index (χ2n) is 1.75. The minimum absolute atomic E-state index is 0. The van der Waals surface area contributed by atoms with E-state index < -0.39 is 4.92 Å². The zero-order chi connectivity index (χ0) is 18.0. The van der Waals surface area contributed by atoms with Gasteiger partial charge in [0.2, 0.25) is 6.20 Å². The monoisotopic (exact) mass is 1370 g/mol. The number of nitro groups is 1. The van der Waals surface area contributed by atoms with Crippen LogP contribution in [0.25, 0.3) is 0 Å². The van der Waals surface area contributed by atoms with Crippen molar-refractivity contribution in [3.8, 4) is 0 Å². The van der Waals surface area contributed by atoms with Crippen LogP contribution in [-0.4, -0.2) is 11.5 Å². The molecule has 12 heteroatoms. The third-order valence-corrected chi connectivity index (χ3v) is 0.559. The third-order valence-electron chi connectivity index (χ3n) is 0.559. The molecule has 0 aliphatic rings. The van der Waals surface area contributed by atoms with E-state index in [-0.39, 0.29) is 67.1 Å². The van der Waals surface area contributed by atoms with Gasteiger partial charge in [0, 0.05) is 99.5 Å². The van der Waals surface area contributed by atoms with Crippen LogP contribution in [0.15, 0.2) is 12.3 Å². The summed E-state index contributed by atoms with van der Waals surface area (Å²) in [6, 6.07) is 0. The molecule has 0 unspecified atom stereocenters. The van der Waals surface area contributed by atoms with Gasteiger partial charge in [-0.3, -0.25) is 10.1 Å². The molecule has 0 aliphatic carbocycles. The Kier molecular flexibility index (Phi) is 166. The number of halogens is 5. The molecule has 0 bridgehead atoms.